The Morgan fingerprint density at radius 2 is 1.97 bits per heavy atom. The predicted octanol–water partition coefficient (Wildman–Crippen LogP) is 3.86. The SMILES string of the molecule is C=C(C(=O)N1CCNC(C(=O)OC)C1)c1ccc(Sc2ccccc2C(C)C)c([N+](=O)[O-])c1. The van der Waals surface area contributed by atoms with E-state index in [9.17, 15) is 19.7 Å². The molecule has 3 rings (SSSR count). The number of methoxy groups -OCH3 is 1. The van der Waals surface area contributed by atoms with Gasteiger partial charge in [0.05, 0.1) is 16.9 Å². The molecule has 0 aromatic heterocycles. The first-order chi connectivity index (χ1) is 15.7. The lowest BCUT2D eigenvalue weighted by Crippen LogP contribution is -2.56. The van der Waals surface area contributed by atoms with Gasteiger partial charge in [0, 0.05) is 36.2 Å². The Labute approximate surface area is 197 Å². The number of benzene rings is 2. The Balaban J connectivity index is 1.84. The Bertz CT molecular complexity index is 1090. The van der Waals surface area contributed by atoms with E-state index < -0.39 is 16.9 Å². The summed E-state index contributed by atoms with van der Waals surface area (Å²) in [6, 6.07) is 11.9. The molecular weight excluding hydrogens is 442 g/mol. The van der Waals surface area contributed by atoms with E-state index in [4.69, 9.17) is 4.74 Å². The van der Waals surface area contributed by atoms with Crippen LogP contribution in [0.5, 0.6) is 0 Å². The molecule has 174 valence electrons. The Hall–Kier alpha value is -3.17. The molecule has 0 saturated carbocycles. The average Bonchev–Trinajstić information content (AvgIpc) is 2.83. The van der Waals surface area contributed by atoms with Gasteiger partial charge >= 0.3 is 5.97 Å². The number of nitro groups is 1. The number of hydrogen-bond acceptors (Lipinski definition) is 7. The number of hydrogen-bond donors (Lipinski definition) is 1. The number of carbonyl (C=O) groups is 2. The molecule has 1 heterocycles. The van der Waals surface area contributed by atoms with Gasteiger partial charge in [-0.3, -0.25) is 19.7 Å². The molecule has 1 aliphatic rings. The molecular formula is C24H27N3O5S. The van der Waals surface area contributed by atoms with Crippen molar-refractivity contribution in [2.45, 2.75) is 35.6 Å². The second-order valence-corrected chi connectivity index (χ2v) is 9.08. The summed E-state index contributed by atoms with van der Waals surface area (Å²) in [5.74, 6) is -0.542. The number of nitrogens with one attached hydrogen (secondary N) is 1. The van der Waals surface area contributed by atoms with Crippen molar-refractivity contribution in [2.24, 2.45) is 0 Å². The smallest absolute Gasteiger partial charge is 0.324 e. The average molecular weight is 470 g/mol. The maximum absolute atomic E-state index is 13.0. The van der Waals surface area contributed by atoms with E-state index in [0.29, 0.717) is 23.5 Å². The molecule has 1 atom stereocenters. The molecule has 0 radical (unpaired) electrons. The predicted molar refractivity (Wildman–Crippen MR) is 127 cm³/mol. The molecule has 9 heteroatoms. The van der Waals surface area contributed by atoms with E-state index in [0.717, 1.165) is 10.5 Å². The Kier molecular flexibility index (Phi) is 7.88. The number of ether oxygens (including phenoxy) is 1. The summed E-state index contributed by atoms with van der Waals surface area (Å²) in [4.78, 5) is 39.2. The highest BCUT2D eigenvalue weighted by molar-refractivity contribution is 7.99. The summed E-state index contributed by atoms with van der Waals surface area (Å²) in [6.07, 6.45) is 0. The third kappa shape index (κ3) is 5.61. The van der Waals surface area contributed by atoms with Gasteiger partial charge in [-0.05, 0) is 29.2 Å². The third-order valence-corrected chi connectivity index (χ3v) is 6.63. The van der Waals surface area contributed by atoms with Crippen LogP contribution in [-0.4, -0.2) is 54.5 Å². The minimum absolute atomic E-state index is 0.0854. The largest absolute Gasteiger partial charge is 0.468 e. The number of nitrogens with zero attached hydrogens (tertiary/aromatic N) is 2. The molecule has 1 unspecified atom stereocenters. The van der Waals surface area contributed by atoms with Crippen molar-refractivity contribution in [1.29, 1.82) is 0 Å². The first-order valence-electron chi connectivity index (χ1n) is 10.6. The van der Waals surface area contributed by atoms with Gasteiger partial charge in [0.2, 0.25) is 0 Å². The summed E-state index contributed by atoms with van der Waals surface area (Å²) < 4.78 is 4.75. The summed E-state index contributed by atoms with van der Waals surface area (Å²) in [5.41, 5.74) is 1.54. The van der Waals surface area contributed by atoms with Crippen molar-refractivity contribution in [3.05, 3.63) is 70.3 Å². The van der Waals surface area contributed by atoms with Gasteiger partial charge in [0.1, 0.15) is 6.04 Å². The monoisotopic (exact) mass is 469 g/mol. The van der Waals surface area contributed by atoms with Crippen LogP contribution in [0.15, 0.2) is 58.8 Å². The lowest BCUT2D eigenvalue weighted by Gasteiger charge is -2.32. The molecule has 1 saturated heterocycles. The normalized spacial score (nSPS) is 15.9. The van der Waals surface area contributed by atoms with Crippen LogP contribution in [-0.2, 0) is 14.3 Å². The molecule has 0 spiro atoms. The van der Waals surface area contributed by atoms with Crippen molar-refractivity contribution < 1.29 is 19.2 Å². The van der Waals surface area contributed by atoms with E-state index in [1.807, 2.05) is 24.3 Å². The van der Waals surface area contributed by atoms with Crippen LogP contribution >= 0.6 is 11.8 Å². The van der Waals surface area contributed by atoms with Crippen LogP contribution < -0.4 is 5.32 Å². The lowest BCUT2D eigenvalue weighted by molar-refractivity contribution is -0.387. The zero-order chi connectivity index (χ0) is 24.1. The fourth-order valence-electron chi connectivity index (χ4n) is 3.65. The van der Waals surface area contributed by atoms with Gasteiger partial charge in [0.25, 0.3) is 11.6 Å². The topological polar surface area (TPSA) is 102 Å². The maximum Gasteiger partial charge on any atom is 0.324 e. The maximum atomic E-state index is 13.0. The molecule has 1 amide bonds. The molecule has 0 bridgehead atoms. The third-order valence-electron chi connectivity index (χ3n) is 5.47. The van der Waals surface area contributed by atoms with Crippen LogP contribution in [0, 0.1) is 10.1 Å². The van der Waals surface area contributed by atoms with Crippen molar-refractivity contribution in [3.63, 3.8) is 0 Å². The van der Waals surface area contributed by atoms with Gasteiger partial charge in [-0.15, -0.1) is 0 Å². The lowest BCUT2D eigenvalue weighted by atomic mass is 10.0. The second-order valence-electron chi connectivity index (χ2n) is 7.99. The standard InChI is InChI=1S/C24H27N3O5S/c1-15(2)18-7-5-6-8-21(18)33-22-10-9-17(13-20(22)27(30)31)16(3)23(28)26-12-11-25-19(14-26)24(29)32-4/h5-10,13,15,19,25H,3,11-12,14H2,1-2,4H3. The molecule has 33 heavy (non-hydrogen) atoms. The number of nitro benzene ring substituents is 1. The number of rotatable bonds is 7. The highest BCUT2D eigenvalue weighted by Gasteiger charge is 2.30. The van der Waals surface area contributed by atoms with Crippen LogP contribution in [0.2, 0.25) is 0 Å². The van der Waals surface area contributed by atoms with Crippen molar-refractivity contribution >= 4 is 34.9 Å². The quantitative estimate of drug-likeness (QED) is 0.284. The van der Waals surface area contributed by atoms with E-state index in [-0.39, 0.29) is 29.6 Å². The second kappa shape index (κ2) is 10.6. The number of amides is 1. The molecule has 1 fully saturated rings. The van der Waals surface area contributed by atoms with Crippen LogP contribution in [0.4, 0.5) is 5.69 Å². The van der Waals surface area contributed by atoms with E-state index in [2.05, 4.69) is 25.7 Å². The van der Waals surface area contributed by atoms with Crippen LogP contribution in [0.1, 0.15) is 30.9 Å². The molecule has 0 aliphatic carbocycles. The number of piperazine rings is 1. The van der Waals surface area contributed by atoms with Crippen molar-refractivity contribution in [2.75, 3.05) is 26.7 Å². The highest BCUT2D eigenvalue weighted by atomic mass is 32.2. The van der Waals surface area contributed by atoms with Crippen LogP contribution in [0.25, 0.3) is 5.57 Å². The van der Waals surface area contributed by atoms with Gasteiger partial charge in [-0.25, -0.2) is 0 Å². The summed E-state index contributed by atoms with van der Waals surface area (Å²) in [7, 11) is 1.29. The number of carbonyl (C=O) groups excluding carboxylic acids is 2. The van der Waals surface area contributed by atoms with Gasteiger partial charge in [-0.1, -0.05) is 56.5 Å². The summed E-state index contributed by atoms with van der Waals surface area (Å²) in [6.45, 7) is 9.01. The Morgan fingerprint density at radius 1 is 1.24 bits per heavy atom. The van der Waals surface area contributed by atoms with Crippen LogP contribution in [0.3, 0.4) is 0 Å². The van der Waals surface area contributed by atoms with Gasteiger partial charge < -0.3 is 15.0 Å². The van der Waals surface area contributed by atoms with E-state index in [1.54, 1.807) is 12.1 Å². The first kappa shape index (κ1) is 24.5. The first-order valence-corrected chi connectivity index (χ1v) is 11.4. The van der Waals surface area contributed by atoms with Crippen molar-refractivity contribution in [1.82, 2.24) is 10.2 Å². The van der Waals surface area contributed by atoms with E-state index >= 15 is 0 Å². The minimum Gasteiger partial charge on any atom is -0.468 e. The highest BCUT2D eigenvalue weighted by Crippen LogP contribution is 2.39. The molecule has 2 aromatic carbocycles. The van der Waals surface area contributed by atoms with Gasteiger partial charge in [-0.2, -0.15) is 0 Å². The summed E-state index contributed by atoms with van der Waals surface area (Å²) in [5, 5.41) is 14.8. The summed E-state index contributed by atoms with van der Waals surface area (Å²) >= 11 is 1.33. The molecule has 8 nitrogen and oxygen atoms in total. The Morgan fingerprint density at radius 3 is 2.64 bits per heavy atom. The number of esters is 1. The fourth-order valence-corrected chi connectivity index (χ4v) is 4.83. The van der Waals surface area contributed by atoms with E-state index in [1.165, 1.54) is 29.8 Å². The zero-order valence-corrected chi connectivity index (χ0v) is 19.7. The minimum atomic E-state index is -0.616. The molecule has 1 aliphatic heterocycles. The molecule has 2 aromatic rings. The molecule has 1 N–H and O–H groups in total. The fraction of sp³-hybridized carbons (Fsp3) is 0.333. The van der Waals surface area contributed by atoms with Crippen molar-refractivity contribution in [3.8, 4) is 0 Å². The van der Waals surface area contributed by atoms with Gasteiger partial charge in [0.15, 0.2) is 0 Å². The zero-order valence-electron chi connectivity index (χ0n) is 18.9.